The van der Waals surface area contributed by atoms with Crippen molar-refractivity contribution in [2.24, 2.45) is 4.99 Å². The smallest absolute Gasteiger partial charge is 0.298 e. The molecular formula is C12H17ClN2O3S. The number of halogens is 1. The Hall–Kier alpha value is -1.27. The van der Waals surface area contributed by atoms with Gasteiger partial charge in [0.25, 0.3) is 16.0 Å². The zero-order valence-electron chi connectivity index (χ0n) is 10.9. The fourth-order valence-electron chi connectivity index (χ4n) is 1.25. The summed E-state index contributed by atoms with van der Waals surface area (Å²) in [4.78, 5) is 4.15. The van der Waals surface area contributed by atoms with Gasteiger partial charge in [-0.3, -0.25) is 0 Å². The van der Waals surface area contributed by atoms with Crippen molar-refractivity contribution < 1.29 is 13.2 Å². The van der Waals surface area contributed by atoms with E-state index in [0.29, 0.717) is 18.2 Å². The summed E-state index contributed by atoms with van der Waals surface area (Å²) in [6.45, 7) is 4.54. The number of hydrogen-bond donors (Lipinski definition) is 1. The summed E-state index contributed by atoms with van der Waals surface area (Å²) in [6.07, 6.45) is 0.805. The average molecular weight is 305 g/mol. The number of amidine groups is 1. The highest BCUT2D eigenvalue weighted by atomic mass is 35.5. The molecular weight excluding hydrogens is 288 g/mol. The Morgan fingerprint density at radius 2 is 1.95 bits per heavy atom. The maximum atomic E-state index is 12.1. The van der Waals surface area contributed by atoms with E-state index in [1.54, 1.807) is 6.92 Å². The van der Waals surface area contributed by atoms with Crippen LogP contribution in [0.1, 0.15) is 20.3 Å². The maximum absolute atomic E-state index is 12.1. The third kappa shape index (κ3) is 5.08. The predicted octanol–water partition coefficient (Wildman–Crippen LogP) is 2.42. The Labute approximate surface area is 118 Å². The van der Waals surface area contributed by atoms with Crippen LogP contribution in [0.4, 0.5) is 0 Å². The average Bonchev–Trinajstić information content (AvgIpc) is 2.36. The number of benzene rings is 1. The molecule has 1 aromatic rings. The highest BCUT2D eigenvalue weighted by molar-refractivity contribution is 7.90. The highest BCUT2D eigenvalue weighted by Gasteiger charge is 2.16. The van der Waals surface area contributed by atoms with Gasteiger partial charge in [0.2, 0.25) is 0 Å². The molecule has 19 heavy (non-hydrogen) atoms. The Bertz CT molecular complexity index is 526. The van der Waals surface area contributed by atoms with Crippen molar-refractivity contribution in [2.75, 3.05) is 13.2 Å². The summed E-state index contributed by atoms with van der Waals surface area (Å²) < 4.78 is 31.6. The van der Waals surface area contributed by atoms with Gasteiger partial charge in [-0.15, -0.1) is 0 Å². The Kier molecular flexibility index (Phi) is 6.11. The lowest BCUT2D eigenvalue weighted by Crippen LogP contribution is -2.32. The van der Waals surface area contributed by atoms with Crippen LogP contribution < -0.4 is 4.72 Å². The number of aliphatic imine (C=N–C) groups is 1. The van der Waals surface area contributed by atoms with Crippen molar-refractivity contribution in [3.8, 4) is 0 Å². The third-order valence-electron chi connectivity index (χ3n) is 2.11. The molecule has 0 heterocycles. The molecule has 0 fully saturated rings. The van der Waals surface area contributed by atoms with Gasteiger partial charge in [0, 0.05) is 11.6 Å². The van der Waals surface area contributed by atoms with E-state index in [0.717, 1.165) is 6.42 Å². The standard InChI is InChI=1S/C12H17ClN2O3S/c1-3-9-14-12(18-4-2)15-19(16,17)11-7-5-10(13)6-8-11/h5-8H,3-4,9H2,1-2H3,(H,14,15). The molecule has 0 aliphatic carbocycles. The van der Waals surface area contributed by atoms with Crippen molar-refractivity contribution in [1.82, 2.24) is 4.72 Å². The van der Waals surface area contributed by atoms with Crippen LogP contribution in [0.25, 0.3) is 0 Å². The molecule has 0 atom stereocenters. The van der Waals surface area contributed by atoms with Gasteiger partial charge in [-0.1, -0.05) is 18.5 Å². The maximum Gasteiger partial charge on any atom is 0.298 e. The summed E-state index contributed by atoms with van der Waals surface area (Å²) in [6, 6.07) is 5.89. The molecule has 0 unspecified atom stereocenters. The second-order valence-electron chi connectivity index (χ2n) is 3.68. The molecule has 0 aliphatic rings. The third-order valence-corrected chi connectivity index (χ3v) is 3.69. The van der Waals surface area contributed by atoms with Crippen molar-refractivity contribution in [1.29, 1.82) is 0 Å². The lowest BCUT2D eigenvalue weighted by Gasteiger charge is -2.10. The van der Waals surface area contributed by atoms with Crippen molar-refractivity contribution in [2.45, 2.75) is 25.2 Å². The van der Waals surface area contributed by atoms with Crippen LogP contribution in [0.15, 0.2) is 34.2 Å². The fourth-order valence-corrected chi connectivity index (χ4v) is 2.34. The van der Waals surface area contributed by atoms with Gasteiger partial charge in [-0.2, -0.15) is 0 Å². The monoisotopic (exact) mass is 304 g/mol. The summed E-state index contributed by atoms with van der Waals surface area (Å²) >= 11 is 5.72. The first kappa shape index (κ1) is 15.8. The highest BCUT2D eigenvalue weighted by Crippen LogP contribution is 2.13. The zero-order valence-corrected chi connectivity index (χ0v) is 12.5. The molecule has 1 aromatic carbocycles. The summed E-state index contributed by atoms with van der Waals surface area (Å²) in [5.74, 6) is 0. The van der Waals surface area contributed by atoms with Crippen LogP contribution >= 0.6 is 11.6 Å². The predicted molar refractivity (Wildman–Crippen MR) is 76.0 cm³/mol. The van der Waals surface area contributed by atoms with E-state index in [4.69, 9.17) is 16.3 Å². The summed E-state index contributed by atoms with van der Waals surface area (Å²) in [7, 11) is -3.69. The molecule has 106 valence electrons. The minimum absolute atomic E-state index is 0.0132. The fraction of sp³-hybridized carbons (Fsp3) is 0.417. The van der Waals surface area contributed by atoms with Crippen LogP contribution in [-0.4, -0.2) is 27.6 Å². The second-order valence-corrected chi connectivity index (χ2v) is 5.80. The molecule has 5 nitrogen and oxygen atoms in total. The van der Waals surface area contributed by atoms with Crippen LogP contribution in [0.2, 0.25) is 5.02 Å². The van der Waals surface area contributed by atoms with Gasteiger partial charge in [-0.05, 0) is 37.6 Å². The van der Waals surface area contributed by atoms with Gasteiger partial charge in [0.15, 0.2) is 0 Å². The summed E-state index contributed by atoms with van der Waals surface area (Å²) in [5, 5.41) is 0.476. The van der Waals surface area contributed by atoms with E-state index in [1.807, 2.05) is 6.92 Å². The first-order valence-corrected chi connectivity index (χ1v) is 7.81. The SMILES string of the molecule is CCCN=C(NS(=O)(=O)c1ccc(Cl)cc1)OCC. The van der Waals surface area contributed by atoms with Crippen molar-refractivity contribution in [3.05, 3.63) is 29.3 Å². The van der Waals surface area contributed by atoms with Crippen LogP contribution in [0.5, 0.6) is 0 Å². The van der Waals surface area contributed by atoms with Gasteiger partial charge < -0.3 is 4.74 Å². The molecule has 0 aromatic heterocycles. The van der Waals surface area contributed by atoms with Gasteiger partial charge >= 0.3 is 0 Å². The normalized spacial score (nSPS) is 12.3. The van der Waals surface area contributed by atoms with Gasteiger partial charge in [0.05, 0.1) is 11.5 Å². The second kappa shape index (κ2) is 7.35. The van der Waals surface area contributed by atoms with Gasteiger partial charge in [-0.25, -0.2) is 18.1 Å². The van der Waals surface area contributed by atoms with E-state index in [1.165, 1.54) is 24.3 Å². The molecule has 0 amide bonds. The van der Waals surface area contributed by atoms with E-state index in [-0.39, 0.29) is 10.9 Å². The first-order chi connectivity index (χ1) is 8.99. The molecule has 0 bridgehead atoms. The van der Waals surface area contributed by atoms with Crippen molar-refractivity contribution in [3.63, 3.8) is 0 Å². The Morgan fingerprint density at radius 1 is 1.32 bits per heavy atom. The molecule has 0 aliphatic heterocycles. The Morgan fingerprint density at radius 3 is 2.47 bits per heavy atom. The Balaban J connectivity index is 2.90. The number of sulfonamides is 1. The lowest BCUT2D eigenvalue weighted by molar-refractivity contribution is 0.315. The van der Waals surface area contributed by atoms with Crippen LogP contribution in [0.3, 0.4) is 0 Å². The largest absolute Gasteiger partial charge is 0.465 e. The number of nitrogens with zero attached hydrogens (tertiary/aromatic N) is 1. The quantitative estimate of drug-likeness (QED) is 0.671. The zero-order chi connectivity index (χ0) is 14.3. The molecule has 1 rings (SSSR count). The van der Waals surface area contributed by atoms with E-state index >= 15 is 0 Å². The molecule has 0 saturated heterocycles. The minimum atomic E-state index is -3.69. The molecule has 0 radical (unpaired) electrons. The molecule has 7 heteroatoms. The summed E-state index contributed by atoms with van der Waals surface area (Å²) in [5.41, 5.74) is 0. The minimum Gasteiger partial charge on any atom is -0.465 e. The van der Waals surface area contributed by atoms with Gasteiger partial charge in [0.1, 0.15) is 0 Å². The molecule has 1 N–H and O–H groups in total. The number of ether oxygens (including phenoxy) is 1. The molecule has 0 spiro atoms. The first-order valence-electron chi connectivity index (χ1n) is 5.95. The topological polar surface area (TPSA) is 67.8 Å². The molecule has 0 saturated carbocycles. The number of hydrogen-bond acceptors (Lipinski definition) is 4. The van der Waals surface area contributed by atoms with Crippen LogP contribution in [0, 0.1) is 0 Å². The van der Waals surface area contributed by atoms with E-state index < -0.39 is 10.0 Å². The van der Waals surface area contributed by atoms with E-state index in [9.17, 15) is 8.42 Å². The van der Waals surface area contributed by atoms with Crippen LogP contribution in [-0.2, 0) is 14.8 Å². The lowest BCUT2D eigenvalue weighted by atomic mass is 10.4. The number of nitrogens with one attached hydrogen (secondary N) is 1. The number of rotatable bonds is 5. The van der Waals surface area contributed by atoms with E-state index in [2.05, 4.69) is 9.71 Å². The van der Waals surface area contributed by atoms with Crippen molar-refractivity contribution >= 4 is 27.6 Å².